The molecule has 4 rings (SSSR count). The number of halogens is 2. The molecule has 0 unspecified atom stereocenters. The molecule has 0 saturated carbocycles. The van der Waals surface area contributed by atoms with Crippen LogP contribution in [0.5, 0.6) is 0 Å². The summed E-state index contributed by atoms with van der Waals surface area (Å²) in [6.45, 7) is 0.606. The van der Waals surface area contributed by atoms with Crippen LogP contribution in [0, 0.1) is 11.6 Å². The maximum Gasteiger partial charge on any atom is 0.254 e. The van der Waals surface area contributed by atoms with E-state index in [0.29, 0.717) is 24.1 Å². The molecular weight excluding hydrogens is 352 g/mol. The highest BCUT2D eigenvalue weighted by Crippen LogP contribution is 2.25. The van der Waals surface area contributed by atoms with Crippen molar-refractivity contribution in [3.8, 4) is 5.69 Å². The SMILES string of the molecule is O=C(c1ccc(-n2cnnn2)cc1)N1CCC[C@H]1Cc1cc(F)ccc1F. The second-order valence-corrected chi connectivity index (χ2v) is 6.54. The zero-order valence-electron chi connectivity index (χ0n) is 14.4. The molecule has 1 fully saturated rings. The molecule has 0 spiro atoms. The minimum absolute atomic E-state index is 0.113. The summed E-state index contributed by atoms with van der Waals surface area (Å²) in [7, 11) is 0. The normalized spacial score (nSPS) is 16.7. The van der Waals surface area contributed by atoms with Gasteiger partial charge in [0.1, 0.15) is 18.0 Å². The van der Waals surface area contributed by atoms with Crippen LogP contribution < -0.4 is 0 Å². The Balaban J connectivity index is 1.51. The van der Waals surface area contributed by atoms with Gasteiger partial charge in [-0.1, -0.05) is 0 Å². The second kappa shape index (κ2) is 7.22. The predicted octanol–water partition coefficient (Wildman–Crippen LogP) is 2.79. The highest BCUT2D eigenvalue weighted by Gasteiger charge is 2.30. The molecule has 6 nitrogen and oxygen atoms in total. The number of aromatic nitrogens is 4. The van der Waals surface area contributed by atoms with Gasteiger partial charge in [0.25, 0.3) is 5.91 Å². The fraction of sp³-hybridized carbons (Fsp3) is 0.263. The van der Waals surface area contributed by atoms with Gasteiger partial charge in [-0.3, -0.25) is 4.79 Å². The first-order valence-corrected chi connectivity index (χ1v) is 8.70. The zero-order chi connectivity index (χ0) is 18.8. The molecule has 27 heavy (non-hydrogen) atoms. The lowest BCUT2D eigenvalue weighted by molar-refractivity contribution is 0.0736. The Kier molecular flexibility index (Phi) is 4.62. The Morgan fingerprint density at radius 2 is 1.96 bits per heavy atom. The van der Waals surface area contributed by atoms with Crippen molar-refractivity contribution in [1.29, 1.82) is 0 Å². The summed E-state index contributed by atoms with van der Waals surface area (Å²) in [4.78, 5) is 14.7. The summed E-state index contributed by atoms with van der Waals surface area (Å²) in [5, 5.41) is 11.0. The predicted molar refractivity (Wildman–Crippen MR) is 93.3 cm³/mol. The van der Waals surface area contributed by atoms with E-state index in [-0.39, 0.29) is 11.9 Å². The molecular formula is C19H17F2N5O. The minimum atomic E-state index is -0.472. The van der Waals surface area contributed by atoms with Crippen LogP contribution in [-0.2, 0) is 6.42 Å². The van der Waals surface area contributed by atoms with Crippen molar-refractivity contribution in [3.63, 3.8) is 0 Å². The molecule has 3 aromatic rings. The Bertz CT molecular complexity index is 943. The number of carbonyl (C=O) groups excluding carboxylic acids is 1. The van der Waals surface area contributed by atoms with Gasteiger partial charge in [-0.25, -0.2) is 13.5 Å². The van der Waals surface area contributed by atoms with Gasteiger partial charge in [0.15, 0.2) is 0 Å². The zero-order valence-corrected chi connectivity index (χ0v) is 14.4. The van der Waals surface area contributed by atoms with Crippen LogP contribution in [-0.4, -0.2) is 43.6 Å². The number of carbonyl (C=O) groups is 1. The molecule has 2 aromatic carbocycles. The Morgan fingerprint density at radius 1 is 1.15 bits per heavy atom. The third kappa shape index (κ3) is 3.55. The maximum absolute atomic E-state index is 14.0. The van der Waals surface area contributed by atoms with Gasteiger partial charge in [-0.05, 0) is 77.7 Å². The van der Waals surface area contributed by atoms with Gasteiger partial charge < -0.3 is 4.90 Å². The number of likely N-dealkylation sites (tertiary alicyclic amines) is 1. The molecule has 0 bridgehead atoms. The lowest BCUT2D eigenvalue weighted by atomic mass is 10.0. The highest BCUT2D eigenvalue weighted by molar-refractivity contribution is 5.94. The molecule has 2 heterocycles. The Labute approximate surface area is 154 Å². The van der Waals surface area contributed by atoms with E-state index in [1.54, 1.807) is 29.2 Å². The molecule has 1 aromatic heterocycles. The lowest BCUT2D eigenvalue weighted by Gasteiger charge is -2.25. The fourth-order valence-electron chi connectivity index (χ4n) is 3.47. The largest absolute Gasteiger partial charge is 0.335 e. The highest BCUT2D eigenvalue weighted by atomic mass is 19.1. The molecule has 1 atom stereocenters. The van der Waals surface area contributed by atoms with E-state index in [9.17, 15) is 13.6 Å². The molecule has 1 aliphatic heterocycles. The van der Waals surface area contributed by atoms with Crippen molar-refractivity contribution in [2.75, 3.05) is 6.54 Å². The number of benzene rings is 2. The van der Waals surface area contributed by atoms with Gasteiger partial charge in [0.05, 0.1) is 5.69 Å². The monoisotopic (exact) mass is 369 g/mol. The summed E-state index contributed by atoms with van der Waals surface area (Å²) in [5.41, 5.74) is 1.59. The van der Waals surface area contributed by atoms with Crippen LogP contribution in [0.15, 0.2) is 48.8 Å². The maximum atomic E-state index is 14.0. The molecule has 0 aliphatic carbocycles. The number of rotatable bonds is 4. The van der Waals surface area contributed by atoms with Crippen molar-refractivity contribution in [2.45, 2.75) is 25.3 Å². The number of hydrogen-bond donors (Lipinski definition) is 0. The Morgan fingerprint density at radius 3 is 2.70 bits per heavy atom. The van der Waals surface area contributed by atoms with Gasteiger partial charge in [0, 0.05) is 18.2 Å². The van der Waals surface area contributed by atoms with Crippen molar-refractivity contribution < 1.29 is 13.6 Å². The van der Waals surface area contributed by atoms with E-state index in [1.165, 1.54) is 17.1 Å². The fourth-order valence-corrected chi connectivity index (χ4v) is 3.47. The first kappa shape index (κ1) is 17.3. The van der Waals surface area contributed by atoms with Crippen LogP contribution in [0.4, 0.5) is 8.78 Å². The molecule has 0 radical (unpaired) electrons. The number of hydrogen-bond acceptors (Lipinski definition) is 4. The summed E-state index contributed by atoms with van der Waals surface area (Å²) in [6.07, 6.45) is 3.39. The van der Waals surface area contributed by atoms with E-state index >= 15 is 0 Å². The molecule has 138 valence electrons. The average Bonchev–Trinajstić information content (AvgIpc) is 3.36. The first-order valence-electron chi connectivity index (χ1n) is 8.70. The van der Waals surface area contributed by atoms with E-state index in [2.05, 4.69) is 15.5 Å². The molecule has 0 N–H and O–H groups in total. The van der Waals surface area contributed by atoms with Crippen LogP contribution >= 0.6 is 0 Å². The number of nitrogens with zero attached hydrogens (tertiary/aromatic N) is 5. The van der Waals surface area contributed by atoms with E-state index in [4.69, 9.17) is 0 Å². The van der Waals surface area contributed by atoms with Crippen LogP contribution in [0.3, 0.4) is 0 Å². The standard InChI is InChI=1S/C19H17F2N5O/c20-15-5-8-18(21)14(10-15)11-17-2-1-9-25(17)19(27)13-3-6-16(7-4-13)26-12-22-23-24-26/h3-8,10,12,17H,1-2,9,11H2/t17-/m0/s1. The van der Waals surface area contributed by atoms with Crippen molar-refractivity contribution in [3.05, 3.63) is 71.6 Å². The average molecular weight is 369 g/mol. The summed E-state index contributed by atoms with van der Waals surface area (Å²) in [5.74, 6) is -1.03. The van der Waals surface area contributed by atoms with Crippen LogP contribution in [0.1, 0.15) is 28.8 Å². The molecule has 1 amide bonds. The summed E-state index contributed by atoms with van der Waals surface area (Å²) < 4.78 is 28.9. The molecule has 8 heteroatoms. The Hall–Kier alpha value is -3.16. The van der Waals surface area contributed by atoms with Gasteiger partial charge in [-0.2, -0.15) is 0 Å². The van der Waals surface area contributed by atoms with E-state index in [0.717, 1.165) is 30.7 Å². The lowest BCUT2D eigenvalue weighted by Crippen LogP contribution is -2.37. The topological polar surface area (TPSA) is 63.9 Å². The van der Waals surface area contributed by atoms with Crippen molar-refractivity contribution in [2.24, 2.45) is 0 Å². The molecule has 1 saturated heterocycles. The quantitative estimate of drug-likeness (QED) is 0.709. The second-order valence-electron chi connectivity index (χ2n) is 6.54. The third-order valence-electron chi connectivity index (χ3n) is 4.83. The van der Waals surface area contributed by atoms with Crippen LogP contribution in [0.25, 0.3) is 5.69 Å². The third-order valence-corrected chi connectivity index (χ3v) is 4.83. The number of tetrazole rings is 1. The minimum Gasteiger partial charge on any atom is -0.335 e. The van der Waals surface area contributed by atoms with E-state index in [1.807, 2.05) is 0 Å². The van der Waals surface area contributed by atoms with Crippen LogP contribution in [0.2, 0.25) is 0 Å². The van der Waals surface area contributed by atoms with Crippen molar-refractivity contribution >= 4 is 5.91 Å². The summed E-state index contributed by atoms with van der Waals surface area (Å²) >= 11 is 0. The van der Waals surface area contributed by atoms with Gasteiger partial charge >= 0.3 is 0 Å². The molecule has 1 aliphatic rings. The number of amides is 1. The van der Waals surface area contributed by atoms with E-state index < -0.39 is 11.6 Å². The summed E-state index contributed by atoms with van der Waals surface area (Å²) in [6, 6.07) is 10.3. The van der Waals surface area contributed by atoms with Gasteiger partial charge in [-0.15, -0.1) is 5.10 Å². The smallest absolute Gasteiger partial charge is 0.254 e. The first-order chi connectivity index (χ1) is 13.1. The van der Waals surface area contributed by atoms with Crippen molar-refractivity contribution in [1.82, 2.24) is 25.1 Å². The van der Waals surface area contributed by atoms with Gasteiger partial charge in [0.2, 0.25) is 0 Å².